The Kier molecular flexibility index (Phi) is 10.2. The minimum atomic E-state index is -0.888. The zero-order valence-electron chi connectivity index (χ0n) is 19.6. The Morgan fingerprint density at radius 3 is 2.85 bits per heavy atom. The smallest absolute Gasteiger partial charge is 0.306 e. The van der Waals surface area contributed by atoms with Gasteiger partial charge < -0.3 is 24.8 Å². The first-order valence-electron chi connectivity index (χ1n) is 12.2. The van der Waals surface area contributed by atoms with Crippen molar-refractivity contribution in [3.8, 4) is 5.75 Å². The van der Waals surface area contributed by atoms with E-state index in [9.17, 15) is 24.5 Å². The summed E-state index contributed by atoms with van der Waals surface area (Å²) >= 11 is 5.75. The summed E-state index contributed by atoms with van der Waals surface area (Å²) in [5.41, 5.74) is 0. The molecule has 3 rings (SSSR count). The third kappa shape index (κ3) is 7.41. The SMILES string of the molecule is CCCC(CC[C@@H]1CC[C@@H]2[C@@H](/C=C/[C@@H](O)COc3ccc(F)c(Cl)c3)[C@H](O)C[C@@H]2OC1)C(=O)O. The second-order valence-corrected chi connectivity index (χ2v) is 10.0. The maximum absolute atomic E-state index is 13.3. The maximum Gasteiger partial charge on any atom is 0.306 e. The van der Waals surface area contributed by atoms with Gasteiger partial charge in [0.2, 0.25) is 0 Å². The van der Waals surface area contributed by atoms with Gasteiger partial charge in [-0.3, -0.25) is 4.79 Å². The normalized spacial score (nSPS) is 28.9. The molecular weight excluding hydrogens is 463 g/mol. The molecule has 1 saturated heterocycles. The molecule has 1 saturated carbocycles. The molecule has 1 aliphatic carbocycles. The van der Waals surface area contributed by atoms with E-state index in [4.69, 9.17) is 21.1 Å². The van der Waals surface area contributed by atoms with Crippen molar-refractivity contribution in [1.29, 1.82) is 0 Å². The van der Waals surface area contributed by atoms with Crippen molar-refractivity contribution >= 4 is 17.6 Å². The van der Waals surface area contributed by atoms with Gasteiger partial charge in [-0.05, 0) is 56.1 Å². The number of hydrogen-bond acceptors (Lipinski definition) is 5. The van der Waals surface area contributed by atoms with E-state index >= 15 is 0 Å². The van der Waals surface area contributed by atoms with Gasteiger partial charge in [-0.25, -0.2) is 4.39 Å². The molecule has 0 spiro atoms. The molecule has 0 bridgehead atoms. The van der Waals surface area contributed by atoms with Gasteiger partial charge in [0.05, 0.1) is 23.1 Å². The summed E-state index contributed by atoms with van der Waals surface area (Å²) in [5.74, 6) is -0.808. The van der Waals surface area contributed by atoms with Crippen LogP contribution in [0.3, 0.4) is 0 Å². The van der Waals surface area contributed by atoms with Crippen molar-refractivity contribution < 1.29 is 34.0 Å². The quantitative estimate of drug-likeness (QED) is 0.377. The number of aliphatic hydroxyl groups is 2. The predicted molar refractivity (Wildman–Crippen MR) is 127 cm³/mol. The van der Waals surface area contributed by atoms with Crippen LogP contribution >= 0.6 is 11.6 Å². The summed E-state index contributed by atoms with van der Waals surface area (Å²) in [6.07, 6.45) is 7.49. The molecule has 0 radical (unpaired) electrons. The highest BCUT2D eigenvalue weighted by atomic mass is 35.5. The summed E-state index contributed by atoms with van der Waals surface area (Å²) in [7, 11) is 0. The van der Waals surface area contributed by atoms with Crippen LogP contribution in [0.4, 0.5) is 4.39 Å². The topological polar surface area (TPSA) is 96.2 Å². The van der Waals surface area contributed by atoms with Crippen LogP contribution in [0.2, 0.25) is 5.02 Å². The van der Waals surface area contributed by atoms with Crippen LogP contribution in [-0.4, -0.2) is 52.8 Å². The lowest BCUT2D eigenvalue weighted by atomic mass is 9.85. The number of carboxylic acids is 1. The minimum Gasteiger partial charge on any atom is -0.490 e. The van der Waals surface area contributed by atoms with E-state index in [0.717, 1.165) is 25.7 Å². The summed E-state index contributed by atoms with van der Waals surface area (Å²) in [6.45, 7) is 2.59. The highest BCUT2D eigenvalue weighted by Gasteiger charge is 2.43. The molecular formula is C26H36ClFO6. The Morgan fingerprint density at radius 2 is 2.15 bits per heavy atom. The third-order valence-corrected chi connectivity index (χ3v) is 7.41. The first-order valence-corrected chi connectivity index (χ1v) is 12.6. The zero-order chi connectivity index (χ0) is 24.7. The molecule has 1 aromatic rings. The van der Waals surface area contributed by atoms with Gasteiger partial charge in [0.25, 0.3) is 0 Å². The molecule has 3 N–H and O–H groups in total. The van der Waals surface area contributed by atoms with Crippen molar-refractivity contribution in [2.75, 3.05) is 13.2 Å². The fourth-order valence-corrected chi connectivity index (χ4v) is 5.35. The number of aliphatic hydroxyl groups excluding tert-OH is 2. The number of fused-ring (bicyclic) bond motifs is 1. The van der Waals surface area contributed by atoms with E-state index < -0.39 is 24.0 Å². The Morgan fingerprint density at radius 1 is 1.35 bits per heavy atom. The lowest BCUT2D eigenvalue weighted by Gasteiger charge is -2.21. The van der Waals surface area contributed by atoms with Crippen LogP contribution in [0, 0.1) is 29.5 Å². The molecule has 1 aliphatic heterocycles. The van der Waals surface area contributed by atoms with Crippen LogP contribution < -0.4 is 4.74 Å². The Balaban J connectivity index is 1.50. The van der Waals surface area contributed by atoms with Gasteiger partial charge >= 0.3 is 5.97 Å². The van der Waals surface area contributed by atoms with Gasteiger partial charge in [0.15, 0.2) is 0 Å². The van der Waals surface area contributed by atoms with Crippen LogP contribution in [0.5, 0.6) is 5.75 Å². The molecule has 2 fully saturated rings. The minimum absolute atomic E-state index is 0.0174. The zero-order valence-corrected chi connectivity index (χ0v) is 20.4. The fourth-order valence-electron chi connectivity index (χ4n) is 5.18. The maximum atomic E-state index is 13.3. The number of benzene rings is 1. The molecule has 1 unspecified atom stereocenters. The highest BCUT2D eigenvalue weighted by molar-refractivity contribution is 6.30. The predicted octanol–water partition coefficient (Wildman–Crippen LogP) is 4.85. The van der Waals surface area contributed by atoms with E-state index in [1.165, 1.54) is 18.2 Å². The molecule has 7 atom stereocenters. The Labute approximate surface area is 205 Å². The Hall–Kier alpha value is -1.67. The summed E-state index contributed by atoms with van der Waals surface area (Å²) in [6, 6.07) is 4.02. The molecule has 34 heavy (non-hydrogen) atoms. The van der Waals surface area contributed by atoms with Crippen molar-refractivity contribution in [2.24, 2.45) is 23.7 Å². The number of carbonyl (C=O) groups is 1. The summed E-state index contributed by atoms with van der Waals surface area (Å²) < 4.78 is 24.9. The first-order chi connectivity index (χ1) is 16.3. The molecule has 2 aliphatic rings. The second-order valence-electron chi connectivity index (χ2n) is 9.60. The number of aliphatic carboxylic acids is 1. The van der Waals surface area contributed by atoms with Gasteiger partial charge in [0.1, 0.15) is 24.3 Å². The van der Waals surface area contributed by atoms with Gasteiger partial charge in [-0.2, -0.15) is 0 Å². The number of rotatable bonds is 11. The summed E-state index contributed by atoms with van der Waals surface area (Å²) in [4.78, 5) is 11.4. The fraction of sp³-hybridized carbons (Fsp3) is 0.654. The molecule has 0 amide bonds. The largest absolute Gasteiger partial charge is 0.490 e. The number of halogens is 2. The van der Waals surface area contributed by atoms with Gasteiger partial charge in [-0.1, -0.05) is 37.1 Å². The van der Waals surface area contributed by atoms with E-state index in [0.29, 0.717) is 37.5 Å². The van der Waals surface area contributed by atoms with E-state index in [1.54, 1.807) is 6.08 Å². The van der Waals surface area contributed by atoms with E-state index in [1.807, 2.05) is 13.0 Å². The molecule has 6 nitrogen and oxygen atoms in total. The first kappa shape index (κ1) is 26.9. The molecule has 190 valence electrons. The number of carboxylic acid groups (broad SMARTS) is 1. The van der Waals surface area contributed by atoms with E-state index in [2.05, 4.69) is 0 Å². The molecule has 1 aromatic carbocycles. The molecule has 8 heteroatoms. The highest BCUT2D eigenvalue weighted by Crippen LogP contribution is 2.42. The molecule has 1 heterocycles. The van der Waals surface area contributed by atoms with Crippen molar-refractivity contribution in [3.05, 3.63) is 41.2 Å². The van der Waals surface area contributed by atoms with Crippen molar-refractivity contribution in [2.45, 2.75) is 70.2 Å². The van der Waals surface area contributed by atoms with Crippen LogP contribution in [0.1, 0.15) is 51.9 Å². The Bertz CT molecular complexity index is 834. The lowest BCUT2D eigenvalue weighted by molar-refractivity contribution is -0.142. The van der Waals surface area contributed by atoms with Crippen LogP contribution in [-0.2, 0) is 9.53 Å². The third-order valence-electron chi connectivity index (χ3n) is 7.12. The van der Waals surface area contributed by atoms with Crippen molar-refractivity contribution in [1.82, 2.24) is 0 Å². The van der Waals surface area contributed by atoms with Crippen molar-refractivity contribution in [3.63, 3.8) is 0 Å². The van der Waals surface area contributed by atoms with Gasteiger partial charge in [-0.15, -0.1) is 0 Å². The van der Waals surface area contributed by atoms with Gasteiger partial charge in [0, 0.05) is 25.0 Å². The average Bonchev–Trinajstić information content (AvgIpc) is 2.96. The average molecular weight is 499 g/mol. The van der Waals surface area contributed by atoms with Crippen LogP contribution in [0.15, 0.2) is 30.4 Å². The standard InChI is InChI=1S/C26H36ClFO6/c1-2-3-17(26(31)32)6-4-16-5-9-21-20(24(30)13-25(21)34-14-16)10-7-18(29)15-33-19-8-11-23(28)22(27)12-19/h7-8,10-12,16-18,20-21,24-25,29-30H,2-6,9,13-15H2,1H3,(H,31,32)/b10-7+/t16-,17?,18-,20-,21-,24-,25+/m1/s1. The molecule has 0 aromatic heterocycles. The monoisotopic (exact) mass is 498 g/mol. The summed E-state index contributed by atoms with van der Waals surface area (Å²) in [5, 5.41) is 30.3. The van der Waals surface area contributed by atoms with E-state index in [-0.39, 0.29) is 35.5 Å². The number of hydrogen-bond donors (Lipinski definition) is 3. The second kappa shape index (κ2) is 12.9. The number of ether oxygens (including phenoxy) is 2. The van der Waals surface area contributed by atoms with Crippen LogP contribution in [0.25, 0.3) is 0 Å². The lowest BCUT2D eigenvalue weighted by Crippen LogP contribution is -2.22.